The van der Waals surface area contributed by atoms with Crippen LogP contribution in [0.15, 0.2) is 42.6 Å². The molecule has 0 saturated carbocycles. The predicted molar refractivity (Wildman–Crippen MR) is 117 cm³/mol. The highest BCUT2D eigenvalue weighted by Gasteiger charge is 2.23. The van der Waals surface area contributed by atoms with Gasteiger partial charge < -0.3 is 10.2 Å². The molecule has 2 aromatic rings. The van der Waals surface area contributed by atoms with Gasteiger partial charge >= 0.3 is 0 Å². The molecule has 2 saturated heterocycles. The number of carbonyl (C=O) groups excluding carboxylic acids is 2. The largest absolute Gasteiger partial charge is 0.343 e. The summed E-state index contributed by atoms with van der Waals surface area (Å²) < 4.78 is 0. The van der Waals surface area contributed by atoms with E-state index in [1.807, 2.05) is 29.2 Å². The van der Waals surface area contributed by atoms with Crippen LogP contribution in [-0.2, 0) is 11.3 Å². The molecule has 6 heteroatoms. The second-order valence-electron chi connectivity index (χ2n) is 8.39. The second kappa shape index (κ2) is 9.39. The summed E-state index contributed by atoms with van der Waals surface area (Å²) in [5.74, 6) is 0.339. The van der Waals surface area contributed by atoms with Crippen LogP contribution in [0.1, 0.15) is 60.1 Å². The summed E-state index contributed by atoms with van der Waals surface area (Å²) >= 11 is 0. The summed E-state index contributed by atoms with van der Waals surface area (Å²) in [4.78, 5) is 32.9. The number of aromatic nitrogens is 1. The van der Waals surface area contributed by atoms with Crippen LogP contribution in [0.5, 0.6) is 0 Å². The molecule has 2 amide bonds. The molecule has 3 heterocycles. The molecule has 4 rings (SSSR count). The molecular weight excluding hydrogens is 376 g/mol. The number of carbonyl (C=O) groups is 2. The molecular formula is C24H30N4O2. The molecule has 2 aliphatic heterocycles. The first kappa shape index (κ1) is 20.5. The number of anilines is 1. The molecule has 6 nitrogen and oxygen atoms in total. The topological polar surface area (TPSA) is 65.5 Å². The van der Waals surface area contributed by atoms with Crippen molar-refractivity contribution < 1.29 is 9.59 Å². The van der Waals surface area contributed by atoms with Gasteiger partial charge in [0, 0.05) is 50.1 Å². The van der Waals surface area contributed by atoms with Crippen molar-refractivity contribution in [2.24, 2.45) is 0 Å². The van der Waals surface area contributed by atoms with Gasteiger partial charge in [-0.25, -0.2) is 0 Å². The molecule has 0 atom stereocenters. The third-order valence-electron chi connectivity index (χ3n) is 6.22. The monoisotopic (exact) mass is 406 g/mol. The number of amides is 2. The third kappa shape index (κ3) is 5.05. The predicted octanol–water partition coefficient (Wildman–Crippen LogP) is 3.66. The van der Waals surface area contributed by atoms with Crippen LogP contribution < -0.4 is 5.32 Å². The van der Waals surface area contributed by atoms with Gasteiger partial charge in [0.25, 0.3) is 5.91 Å². The first-order valence-electron chi connectivity index (χ1n) is 10.9. The molecule has 0 unspecified atom stereocenters. The minimum absolute atomic E-state index is 0.137. The number of nitrogens with zero attached hydrogens (tertiary/aromatic N) is 3. The van der Waals surface area contributed by atoms with E-state index in [4.69, 9.17) is 0 Å². The van der Waals surface area contributed by atoms with Crippen LogP contribution in [0.25, 0.3) is 0 Å². The van der Waals surface area contributed by atoms with Crippen molar-refractivity contribution in [2.75, 3.05) is 31.5 Å². The number of hydrogen-bond donors (Lipinski definition) is 1. The van der Waals surface area contributed by atoms with E-state index in [0.717, 1.165) is 43.9 Å². The fraction of sp³-hybridized carbons (Fsp3) is 0.458. The number of rotatable bonds is 5. The normalized spacial score (nSPS) is 17.8. The Bertz CT molecular complexity index is 865. The van der Waals surface area contributed by atoms with E-state index in [-0.39, 0.29) is 11.8 Å². The van der Waals surface area contributed by atoms with Crippen molar-refractivity contribution >= 4 is 17.5 Å². The smallest absolute Gasteiger partial charge is 0.257 e. The standard InChI is InChI=1S/C24H30N4O2/c1-18(29)28-14-10-20(11-15-28)23-9-6-21(16-25-23)24(30)26-22-7-4-19(5-8-22)17-27-12-2-3-13-27/h4-9,16,20H,2-3,10-15,17H2,1H3,(H,26,30). The number of benzene rings is 1. The van der Waals surface area contributed by atoms with E-state index in [2.05, 4.69) is 27.3 Å². The van der Waals surface area contributed by atoms with Gasteiger partial charge in [-0.1, -0.05) is 12.1 Å². The van der Waals surface area contributed by atoms with Gasteiger partial charge in [0.1, 0.15) is 0 Å². The molecule has 0 spiro atoms. The van der Waals surface area contributed by atoms with Crippen molar-refractivity contribution in [2.45, 2.75) is 45.1 Å². The highest BCUT2D eigenvalue weighted by Crippen LogP contribution is 2.26. The van der Waals surface area contributed by atoms with Gasteiger partial charge in [0.15, 0.2) is 0 Å². The molecule has 1 aromatic heterocycles. The van der Waals surface area contributed by atoms with E-state index < -0.39 is 0 Å². The summed E-state index contributed by atoms with van der Waals surface area (Å²) in [6.45, 7) is 6.50. The first-order chi connectivity index (χ1) is 14.6. The van der Waals surface area contributed by atoms with E-state index in [1.165, 1.54) is 31.5 Å². The maximum atomic E-state index is 12.6. The number of nitrogens with one attached hydrogen (secondary N) is 1. The Kier molecular flexibility index (Phi) is 6.43. The molecule has 2 aliphatic rings. The lowest BCUT2D eigenvalue weighted by molar-refractivity contribution is -0.129. The van der Waals surface area contributed by atoms with Crippen LogP contribution in [0.2, 0.25) is 0 Å². The van der Waals surface area contributed by atoms with Crippen molar-refractivity contribution in [3.8, 4) is 0 Å². The van der Waals surface area contributed by atoms with Crippen LogP contribution in [0, 0.1) is 0 Å². The quantitative estimate of drug-likeness (QED) is 0.823. The Morgan fingerprint density at radius 2 is 1.70 bits per heavy atom. The van der Waals surface area contributed by atoms with Gasteiger partial charge in [0.05, 0.1) is 5.56 Å². The fourth-order valence-electron chi connectivity index (χ4n) is 4.37. The maximum absolute atomic E-state index is 12.6. The summed E-state index contributed by atoms with van der Waals surface area (Å²) in [5.41, 5.74) is 3.63. The SMILES string of the molecule is CC(=O)N1CCC(c2ccc(C(=O)Nc3ccc(CN4CCCC4)cc3)cn2)CC1. The number of hydrogen-bond acceptors (Lipinski definition) is 4. The number of piperidine rings is 1. The van der Waals surface area contributed by atoms with Crippen LogP contribution in [-0.4, -0.2) is 52.8 Å². The Balaban J connectivity index is 1.31. The lowest BCUT2D eigenvalue weighted by atomic mass is 9.93. The van der Waals surface area contributed by atoms with Crippen molar-refractivity contribution in [3.63, 3.8) is 0 Å². The molecule has 2 fully saturated rings. The van der Waals surface area contributed by atoms with Crippen LogP contribution in [0.4, 0.5) is 5.69 Å². The highest BCUT2D eigenvalue weighted by atomic mass is 16.2. The van der Waals surface area contributed by atoms with Crippen LogP contribution in [0.3, 0.4) is 0 Å². The summed E-state index contributed by atoms with van der Waals surface area (Å²) in [7, 11) is 0. The number of pyridine rings is 1. The van der Waals surface area contributed by atoms with E-state index >= 15 is 0 Å². The van der Waals surface area contributed by atoms with Crippen molar-refractivity contribution in [1.29, 1.82) is 0 Å². The lowest BCUT2D eigenvalue weighted by Crippen LogP contribution is -2.36. The molecule has 158 valence electrons. The van der Waals surface area contributed by atoms with Gasteiger partial charge in [-0.2, -0.15) is 0 Å². The first-order valence-corrected chi connectivity index (χ1v) is 10.9. The zero-order valence-corrected chi connectivity index (χ0v) is 17.6. The Labute approximate surface area is 178 Å². The Morgan fingerprint density at radius 3 is 2.30 bits per heavy atom. The van der Waals surface area contributed by atoms with E-state index in [0.29, 0.717) is 11.5 Å². The third-order valence-corrected chi connectivity index (χ3v) is 6.22. The van der Waals surface area contributed by atoms with Crippen molar-refractivity contribution in [3.05, 3.63) is 59.4 Å². The fourth-order valence-corrected chi connectivity index (χ4v) is 4.37. The lowest BCUT2D eigenvalue weighted by Gasteiger charge is -2.31. The second-order valence-corrected chi connectivity index (χ2v) is 8.39. The summed E-state index contributed by atoms with van der Waals surface area (Å²) in [5, 5.41) is 2.96. The molecule has 1 N–H and O–H groups in total. The summed E-state index contributed by atoms with van der Waals surface area (Å²) in [6.07, 6.45) is 6.07. The molecule has 30 heavy (non-hydrogen) atoms. The zero-order valence-electron chi connectivity index (χ0n) is 17.6. The van der Waals surface area contributed by atoms with Crippen molar-refractivity contribution in [1.82, 2.24) is 14.8 Å². The minimum Gasteiger partial charge on any atom is -0.343 e. The molecule has 0 bridgehead atoms. The average Bonchev–Trinajstić information content (AvgIpc) is 3.28. The number of likely N-dealkylation sites (tertiary alicyclic amines) is 2. The molecule has 0 aliphatic carbocycles. The van der Waals surface area contributed by atoms with E-state index in [9.17, 15) is 9.59 Å². The van der Waals surface area contributed by atoms with Gasteiger partial charge in [-0.3, -0.25) is 19.5 Å². The van der Waals surface area contributed by atoms with Crippen LogP contribution >= 0.6 is 0 Å². The highest BCUT2D eigenvalue weighted by molar-refractivity contribution is 6.04. The van der Waals surface area contributed by atoms with Gasteiger partial charge in [0.2, 0.25) is 5.91 Å². The molecule has 1 aromatic carbocycles. The Morgan fingerprint density at radius 1 is 1.00 bits per heavy atom. The maximum Gasteiger partial charge on any atom is 0.257 e. The summed E-state index contributed by atoms with van der Waals surface area (Å²) in [6, 6.07) is 11.9. The molecule has 0 radical (unpaired) electrons. The van der Waals surface area contributed by atoms with Gasteiger partial charge in [-0.15, -0.1) is 0 Å². The average molecular weight is 407 g/mol. The van der Waals surface area contributed by atoms with Gasteiger partial charge in [-0.05, 0) is 68.6 Å². The van der Waals surface area contributed by atoms with E-state index in [1.54, 1.807) is 13.1 Å². The zero-order chi connectivity index (χ0) is 20.9. The minimum atomic E-state index is -0.146. The Hall–Kier alpha value is -2.73.